The molecule has 2 N–H and O–H groups in total. The highest BCUT2D eigenvalue weighted by molar-refractivity contribution is 7.13. The summed E-state index contributed by atoms with van der Waals surface area (Å²) in [6.45, 7) is 7.07. The lowest BCUT2D eigenvalue weighted by Crippen LogP contribution is -2.47. The number of amides is 2. The van der Waals surface area contributed by atoms with Crippen LogP contribution in [0.1, 0.15) is 32.9 Å². The highest BCUT2D eigenvalue weighted by atomic mass is 32.1. The number of benzene rings is 1. The summed E-state index contributed by atoms with van der Waals surface area (Å²) in [5.41, 5.74) is 6.32. The van der Waals surface area contributed by atoms with E-state index in [9.17, 15) is 9.59 Å². The number of H-pyrrole nitrogens is 1. The third kappa shape index (κ3) is 3.45. The van der Waals surface area contributed by atoms with Crippen LogP contribution in [0.25, 0.3) is 22.2 Å². The average molecular weight is 448 g/mol. The molecule has 5 rings (SSSR count). The van der Waals surface area contributed by atoms with E-state index in [-0.39, 0.29) is 11.8 Å². The van der Waals surface area contributed by atoms with Crippen molar-refractivity contribution in [3.8, 4) is 10.6 Å². The molecule has 0 spiro atoms. The second kappa shape index (κ2) is 8.03. The van der Waals surface area contributed by atoms with E-state index in [1.807, 2.05) is 48.4 Å². The van der Waals surface area contributed by atoms with Crippen molar-refractivity contribution in [3.05, 3.63) is 57.9 Å². The zero-order chi connectivity index (χ0) is 22.4. The van der Waals surface area contributed by atoms with Crippen LogP contribution in [0.15, 0.2) is 29.8 Å². The highest BCUT2D eigenvalue weighted by Crippen LogP contribution is 2.41. The topological polar surface area (TPSA) is 81.3 Å². The lowest BCUT2D eigenvalue weighted by Gasteiger charge is -2.32. The molecular weight excluding hydrogens is 422 g/mol. The predicted molar refractivity (Wildman–Crippen MR) is 128 cm³/mol. The summed E-state index contributed by atoms with van der Waals surface area (Å²) >= 11 is 1.54. The van der Waals surface area contributed by atoms with Crippen LogP contribution in [0.4, 0.5) is 5.69 Å². The van der Waals surface area contributed by atoms with Crippen molar-refractivity contribution in [2.45, 2.75) is 13.8 Å². The summed E-state index contributed by atoms with van der Waals surface area (Å²) in [6.07, 6.45) is 3.63. The number of nitrogens with one attached hydrogen (secondary N) is 2. The van der Waals surface area contributed by atoms with Gasteiger partial charge < -0.3 is 20.1 Å². The molecule has 3 aromatic rings. The maximum absolute atomic E-state index is 13.3. The number of fused-ring (bicyclic) bond motifs is 1. The van der Waals surface area contributed by atoms with Gasteiger partial charge in [0, 0.05) is 66.0 Å². The third-order valence-corrected chi connectivity index (χ3v) is 7.06. The van der Waals surface area contributed by atoms with Crippen LogP contribution in [0.5, 0.6) is 0 Å². The Kier molecular flexibility index (Phi) is 5.19. The molecule has 0 radical (unpaired) electrons. The third-order valence-electron chi connectivity index (χ3n) is 6.26. The number of likely N-dealkylation sites (N-methyl/N-ethyl adjacent to an activating group) is 1. The van der Waals surface area contributed by atoms with Crippen molar-refractivity contribution in [1.29, 1.82) is 0 Å². The number of thiazole rings is 1. The molecule has 7 nitrogen and oxygen atoms in total. The first-order valence-corrected chi connectivity index (χ1v) is 11.5. The Morgan fingerprint density at radius 3 is 2.69 bits per heavy atom. The number of piperazine rings is 1. The second-order valence-electron chi connectivity index (χ2n) is 8.34. The standard InChI is InChI=1S/C24H25N5O2S/c1-14-19(26-15(2)20(14)24(31)29-10-8-28(3)9-11-29)13-17-21-16(23-25-7-12-32-23)5-4-6-18(21)27-22(17)30/h4-7,12-13,26H,8-11H2,1-3H3,(H,27,30)/b17-13-. The van der Waals surface area contributed by atoms with Gasteiger partial charge in [-0.3, -0.25) is 9.59 Å². The molecule has 0 saturated carbocycles. The summed E-state index contributed by atoms with van der Waals surface area (Å²) in [5, 5.41) is 5.76. The van der Waals surface area contributed by atoms with E-state index < -0.39 is 0 Å². The van der Waals surface area contributed by atoms with Gasteiger partial charge in [-0.25, -0.2) is 4.98 Å². The van der Waals surface area contributed by atoms with Crippen LogP contribution in [-0.2, 0) is 4.79 Å². The molecular formula is C24H25N5O2S. The largest absolute Gasteiger partial charge is 0.358 e. The lowest BCUT2D eigenvalue weighted by atomic mass is 9.99. The summed E-state index contributed by atoms with van der Waals surface area (Å²) in [4.78, 5) is 38.1. The number of aromatic amines is 1. The summed E-state index contributed by atoms with van der Waals surface area (Å²) in [5.74, 6) is -0.101. The van der Waals surface area contributed by atoms with Crippen LogP contribution < -0.4 is 5.32 Å². The van der Waals surface area contributed by atoms with Crippen LogP contribution in [0, 0.1) is 13.8 Å². The number of aryl methyl sites for hydroxylation is 1. The van der Waals surface area contributed by atoms with Gasteiger partial charge in [0.15, 0.2) is 0 Å². The van der Waals surface area contributed by atoms with Crippen molar-refractivity contribution >= 4 is 40.5 Å². The van der Waals surface area contributed by atoms with Crippen molar-refractivity contribution in [2.75, 3.05) is 38.5 Å². The first kappa shape index (κ1) is 20.7. The summed E-state index contributed by atoms with van der Waals surface area (Å²) in [7, 11) is 2.07. The van der Waals surface area contributed by atoms with Crippen molar-refractivity contribution in [2.24, 2.45) is 0 Å². The summed E-state index contributed by atoms with van der Waals surface area (Å²) < 4.78 is 0. The van der Waals surface area contributed by atoms with Gasteiger partial charge in [-0.2, -0.15) is 0 Å². The van der Waals surface area contributed by atoms with Crippen LogP contribution in [0.3, 0.4) is 0 Å². The quantitative estimate of drug-likeness (QED) is 0.601. The molecule has 2 aromatic heterocycles. The molecule has 1 saturated heterocycles. The normalized spacial score (nSPS) is 17.7. The van der Waals surface area contributed by atoms with Crippen LogP contribution in [0.2, 0.25) is 0 Å². The minimum Gasteiger partial charge on any atom is -0.358 e. The minimum absolute atomic E-state index is 0.0498. The highest BCUT2D eigenvalue weighted by Gasteiger charge is 2.30. The van der Waals surface area contributed by atoms with Gasteiger partial charge in [-0.15, -0.1) is 11.3 Å². The van der Waals surface area contributed by atoms with Gasteiger partial charge in [0.25, 0.3) is 11.8 Å². The SMILES string of the molecule is Cc1[nH]c(/C=C2\C(=O)Nc3cccc(-c4nccs4)c32)c(C)c1C(=O)N1CCN(C)CC1. The number of carbonyl (C=O) groups excluding carboxylic acids is 2. The first-order chi connectivity index (χ1) is 15.4. The first-order valence-electron chi connectivity index (χ1n) is 10.7. The Morgan fingerprint density at radius 1 is 1.19 bits per heavy atom. The molecule has 164 valence electrons. The molecule has 2 amide bonds. The fraction of sp³-hybridized carbons (Fsp3) is 0.292. The Hall–Kier alpha value is -3.23. The van der Waals surface area contributed by atoms with Crippen LogP contribution >= 0.6 is 11.3 Å². The van der Waals surface area contributed by atoms with Crippen molar-refractivity contribution in [3.63, 3.8) is 0 Å². The van der Waals surface area contributed by atoms with Gasteiger partial charge in [0.05, 0.1) is 11.1 Å². The molecule has 0 unspecified atom stereocenters. The fourth-order valence-electron chi connectivity index (χ4n) is 4.47. The number of anilines is 1. The van der Waals surface area contributed by atoms with Gasteiger partial charge in [0.2, 0.25) is 0 Å². The molecule has 4 heterocycles. The molecule has 2 aliphatic heterocycles. The van der Waals surface area contributed by atoms with Gasteiger partial charge in [0.1, 0.15) is 5.01 Å². The monoisotopic (exact) mass is 447 g/mol. The Morgan fingerprint density at radius 2 is 1.97 bits per heavy atom. The maximum atomic E-state index is 13.3. The fourth-order valence-corrected chi connectivity index (χ4v) is 5.14. The Bertz CT molecular complexity index is 1230. The van der Waals surface area contributed by atoms with Crippen LogP contribution in [-0.4, -0.2) is 64.8 Å². The van der Waals surface area contributed by atoms with E-state index in [0.717, 1.165) is 65.0 Å². The Balaban J connectivity index is 1.55. The average Bonchev–Trinajstić information content (AvgIpc) is 3.48. The van der Waals surface area contributed by atoms with Gasteiger partial charge >= 0.3 is 0 Å². The van der Waals surface area contributed by atoms with Gasteiger partial charge in [-0.1, -0.05) is 12.1 Å². The van der Waals surface area contributed by atoms with E-state index >= 15 is 0 Å². The molecule has 1 fully saturated rings. The number of hydrogen-bond acceptors (Lipinski definition) is 5. The Labute approximate surface area is 190 Å². The number of carbonyl (C=O) groups is 2. The molecule has 0 atom stereocenters. The lowest BCUT2D eigenvalue weighted by molar-refractivity contribution is -0.110. The van der Waals surface area contributed by atoms with Gasteiger partial charge in [-0.05, 0) is 38.6 Å². The summed E-state index contributed by atoms with van der Waals surface area (Å²) in [6, 6.07) is 5.82. The second-order valence-corrected chi connectivity index (χ2v) is 9.23. The smallest absolute Gasteiger partial charge is 0.256 e. The van der Waals surface area contributed by atoms with E-state index in [2.05, 4.69) is 27.2 Å². The van der Waals surface area contributed by atoms with Crippen molar-refractivity contribution < 1.29 is 9.59 Å². The zero-order valence-electron chi connectivity index (χ0n) is 18.4. The number of rotatable bonds is 3. The maximum Gasteiger partial charge on any atom is 0.256 e. The molecule has 8 heteroatoms. The number of nitrogens with zero attached hydrogens (tertiary/aromatic N) is 3. The molecule has 1 aromatic carbocycles. The van der Waals surface area contributed by atoms with E-state index in [4.69, 9.17) is 0 Å². The van der Waals surface area contributed by atoms with Crippen molar-refractivity contribution in [1.82, 2.24) is 19.8 Å². The van der Waals surface area contributed by atoms with E-state index in [1.54, 1.807) is 17.5 Å². The number of aromatic nitrogens is 2. The molecule has 0 bridgehead atoms. The molecule has 2 aliphatic rings. The molecule has 0 aliphatic carbocycles. The number of hydrogen-bond donors (Lipinski definition) is 2. The predicted octanol–water partition coefficient (Wildman–Crippen LogP) is 3.64. The van der Waals surface area contributed by atoms with E-state index in [0.29, 0.717) is 11.1 Å². The van der Waals surface area contributed by atoms with E-state index in [1.165, 1.54) is 0 Å². The zero-order valence-corrected chi connectivity index (χ0v) is 19.2. The molecule has 32 heavy (non-hydrogen) atoms. The minimum atomic E-state index is -0.150.